The zero-order valence-corrected chi connectivity index (χ0v) is 9.08. The number of halogens is 3. The van der Waals surface area contributed by atoms with Crippen molar-refractivity contribution in [2.45, 2.75) is 19.5 Å². The van der Waals surface area contributed by atoms with Gasteiger partial charge in [0.25, 0.3) is 0 Å². The minimum Gasteiger partial charge on any atom is -0.294 e. The monoisotopic (exact) mass is 241 g/mol. The molecule has 1 unspecified atom stereocenters. The van der Waals surface area contributed by atoms with Crippen LogP contribution in [0.5, 0.6) is 0 Å². The van der Waals surface area contributed by atoms with E-state index in [4.69, 9.17) is 5.26 Å². The number of Topliss-reactive ketones (excluding diaryl/α,β-unsaturated/α-hetero) is 1. The number of benzene rings is 1. The largest absolute Gasteiger partial charge is 0.416 e. The summed E-state index contributed by atoms with van der Waals surface area (Å²) >= 11 is 0. The van der Waals surface area contributed by atoms with Crippen molar-refractivity contribution < 1.29 is 18.0 Å². The molecule has 0 spiro atoms. The second-order valence-corrected chi connectivity index (χ2v) is 3.71. The average molecular weight is 241 g/mol. The van der Waals surface area contributed by atoms with E-state index in [0.29, 0.717) is 0 Å². The molecule has 17 heavy (non-hydrogen) atoms. The molecule has 2 nitrogen and oxygen atoms in total. The molecule has 0 fully saturated rings. The maximum Gasteiger partial charge on any atom is 0.416 e. The van der Waals surface area contributed by atoms with Gasteiger partial charge in [-0.05, 0) is 12.1 Å². The second-order valence-electron chi connectivity index (χ2n) is 3.71. The third kappa shape index (κ3) is 3.31. The molecule has 0 bridgehead atoms. The Morgan fingerprint density at radius 3 is 2.65 bits per heavy atom. The minimum absolute atomic E-state index is 0.00488. The lowest BCUT2D eigenvalue weighted by Gasteiger charge is -2.10. The Hall–Kier alpha value is -1.83. The van der Waals surface area contributed by atoms with Crippen molar-refractivity contribution in [2.24, 2.45) is 5.92 Å². The number of hydrogen-bond acceptors (Lipinski definition) is 2. The molecule has 0 radical (unpaired) electrons. The van der Waals surface area contributed by atoms with Crippen molar-refractivity contribution in [3.8, 4) is 6.07 Å². The van der Waals surface area contributed by atoms with Gasteiger partial charge < -0.3 is 0 Å². The third-order valence-corrected chi connectivity index (χ3v) is 2.32. The molecule has 0 saturated heterocycles. The van der Waals surface area contributed by atoms with Gasteiger partial charge in [-0.25, -0.2) is 0 Å². The van der Waals surface area contributed by atoms with Gasteiger partial charge in [-0.3, -0.25) is 4.79 Å². The van der Waals surface area contributed by atoms with E-state index < -0.39 is 23.4 Å². The molecule has 0 aliphatic carbocycles. The summed E-state index contributed by atoms with van der Waals surface area (Å²) in [7, 11) is 0. The molecule has 1 aromatic rings. The van der Waals surface area contributed by atoms with E-state index in [1.54, 1.807) is 0 Å². The zero-order valence-electron chi connectivity index (χ0n) is 9.08. The fourth-order valence-electron chi connectivity index (χ4n) is 1.36. The first kappa shape index (κ1) is 13.2. The van der Waals surface area contributed by atoms with Crippen LogP contribution in [0.1, 0.15) is 29.3 Å². The summed E-state index contributed by atoms with van der Waals surface area (Å²) in [5.41, 5.74) is -0.866. The van der Waals surface area contributed by atoms with Gasteiger partial charge >= 0.3 is 6.18 Å². The standard InChI is InChI=1S/C12H10F3NO/c1-8(5-6-16)11(17)9-3-2-4-10(7-9)12(13,14)15/h2-4,7-8H,5H2,1H3. The van der Waals surface area contributed by atoms with E-state index in [0.717, 1.165) is 12.1 Å². The maximum absolute atomic E-state index is 12.4. The van der Waals surface area contributed by atoms with Crippen LogP contribution in [0.4, 0.5) is 13.2 Å². The Morgan fingerprint density at radius 1 is 1.47 bits per heavy atom. The highest BCUT2D eigenvalue weighted by Crippen LogP contribution is 2.30. The number of hydrogen-bond donors (Lipinski definition) is 0. The Morgan fingerprint density at radius 2 is 2.12 bits per heavy atom. The van der Waals surface area contributed by atoms with Crippen molar-refractivity contribution in [3.63, 3.8) is 0 Å². The summed E-state index contributed by atoms with van der Waals surface area (Å²) in [5, 5.41) is 8.43. The van der Waals surface area contributed by atoms with Crippen LogP contribution in [0.2, 0.25) is 0 Å². The van der Waals surface area contributed by atoms with Crippen molar-refractivity contribution >= 4 is 5.78 Å². The highest BCUT2D eigenvalue weighted by molar-refractivity contribution is 5.97. The van der Waals surface area contributed by atoms with Crippen LogP contribution in [0.25, 0.3) is 0 Å². The van der Waals surface area contributed by atoms with Crippen molar-refractivity contribution in [3.05, 3.63) is 35.4 Å². The van der Waals surface area contributed by atoms with Gasteiger partial charge in [0.1, 0.15) is 0 Å². The van der Waals surface area contributed by atoms with Crippen LogP contribution in [0.3, 0.4) is 0 Å². The number of ketones is 1. The molecule has 90 valence electrons. The molecule has 0 aromatic heterocycles. The minimum atomic E-state index is -4.46. The molecular weight excluding hydrogens is 231 g/mol. The number of carbonyl (C=O) groups is 1. The summed E-state index contributed by atoms with van der Waals surface area (Å²) in [4.78, 5) is 11.7. The molecule has 1 atom stereocenters. The maximum atomic E-state index is 12.4. The SMILES string of the molecule is CC(CC#N)C(=O)c1cccc(C(F)(F)F)c1. The molecule has 0 saturated carbocycles. The van der Waals surface area contributed by atoms with Crippen LogP contribution in [0.15, 0.2) is 24.3 Å². The molecular formula is C12H10F3NO. The van der Waals surface area contributed by atoms with Gasteiger partial charge in [-0.1, -0.05) is 19.1 Å². The van der Waals surface area contributed by atoms with Crippen LogP contribution >= 0.6 is 0 Å². The fraction of sp³-hybridized carbons (Fsp3) is 0.333. The highest BCUT2D eigenvalue weighted by Gasteiger charge is 2.31. The van der Waals surface area contributed by atoms with Gasteiger partial charge in [0.2, 0.25) is 0 Å². The number of rotatable bonds is 3. The molecule has 0 heterocycles. The van der Waals surface area contributed by atoms with Crippen molar-refractivity contribution in [1.82, 2.24) is 0 Å². The van der Waals surface area contributed by atoms with E-state index in [1.165, 1.54) is 19.1 Å². The van der Waals surface area contributed by atoms with Crippen molar-refractivity contribution in [1.29, 1.82) is 5.26 Å². The molecule has 0 aliphatic rings. The number of nitrogens with zero attached hydrogens (tertiary/aromatic N) is 1. The summed E-state index contributed by atoms with van der Waals surface area (Å²) in [5.74, 6) is -1.04. The number of nitriles is 1. The van der Waals surface area contributed by atoms with E-state index >= 15 is 0 Å². The normalized spacial score (nSPS) is 12.9. The van der Waals surface area contributed by atoms with Crippen LogP contribution in [0, 0.1) is 17.2 Å². The second kappa shape index (κ2) is 5.00. The Balaban J connectivity index is 3.01. The van der Waals surface area contributed by atoms with E-state index in [-0.39, 0.29) is 12.0 Å². The highest BCUT2D eigenvalue weighted by atomic mass is 19.4. The van der Waals surface area contributed by atoms with E-state index in [1.807, 2.05) is 6.07 Å². The lowest BCUT2D eigenvalue weighted by Crippen LogP contribution is -2.12. The summed E-state index contributed by atoms with van der Waals surface area (Å²) in [6, 6.07) is 6.06. The predicted molar refractivity (Wildman–Crippen MR) is 55.2 cm³/mol. The van der Waals surface area contributed by atoms with Crippen LogP contribution in [-0.4, -0.2) is 5.78 Å². The Kier molecular flexibility index (Phi) is 3.89. The van der Waals surface area contributed by atoms with Gasteiger partial charge in [0.05, 0.1) is 11.6 Å². The molecule has 1 aromatic carbocycles. The molecule has 0 amide bonds. The fourth-order valence-corrected chi connectivity index (χ4v) is 1.36. The van der Waals surface area contributed by atoms with Gasteiger partial charge in [-0.2, -0.15) is 18.4 Å². The summed E-state index contributed by atoms with van der Waals surface area (Å²) < 4.78 is 37.3. The van der Waals surface area contributed by atoms with E-state index in [9.17, 15) is 18.0 Å². The number of alkyl halides is 3. The predicted octanol–water partition coefficient (Wildman–Crippen LogP) is 3.44. The quantitative estimate of drug-likeness (QED) is 0.760. The van der Waals surface area contributed by atoms with Gasteiger partial charge in [-0.15, -0.1) is 0 Å². The van der Waals surface area contributed by atoms with Crippen LogP contribution in [-0.2, 0) is 6.18 Å². The topological polar surface area (TPSA) is 40.9 Å². The lowest BCUT2D eigenvalue weighted by molar-refractivity contribution is -0.137. The number of carbonyl (C=O) groups excluding carboxylic acids is 1. The van der Waals surface area contributed by atoms with E-state index in [2.05, 4.69) is 0 Å². The molecule has 5 heteroatoms. The average Bonchev–Trinajstić information content (AvgIpc) is 2.27. The Labute approximate surface area is 96.7 Å². The van der Waals surface area contributed by atoms with Gasteiger partial charge in [0.15, 0.2) is 5.78 Å². The Bertz CT molecular complexity index is 460. The third-order valence-electron chi connectivity index (χ3n) is 2.32. The first-order chi connectivity index (χ1) is 7.86. The first-order valence-corrected chi connectivity index (χ1v) is 4.94. The smallest absolute Gasteiger partial charge is 0.294 e. The molecule has 0 N–H and O–H groups in total. The van der Waals surface area contributed by atoms with Gasteiger partial charge in [0, 0.05) is 17.9 Å². The molecule has 0 aliphatic heterocycles. The van der Waals surface area contributed by atoms with Crippen molar-refractivity contribution in [2.75, 3.05) is 0 Å². The zero-order chi connectivity index (χ0) is 13.1. The van der Waals surface area contributed by atoms with Crippen LogP contribution < -0.4 is 0 Å². The lowest BCUT2D eigenvalue weighted by atomic mass is 9.96. The first-order valence-electron chi connectivity index (χ1n) is 4.94. The molecule has 1 rings (SSSR count). The summed E-state index contributed by atoms with van der Waals surface area (Å²) in [6.45, 7) is 1.52. The summed E-state index contributed by atoms with van der Waals surface area (Å²) in [6.07, 6.45) is -4.47.